The number of halogens is 1. The Morgan fingerprint density at radius 1 is 0.971 bits per heavy atom. The summed E-state index contributed by atoms with van der Waals surface area (Å²) in [6.45, 7) is 6.62. The molecule has 0 unspecified atom stereocenters. The lowest BCUT2D eigenvalue weighted by atomic mass is 10.1. The number of carbonyl (C=O) groups excluding carboxylic acids is 2. The third-order valence-corrected chi connectivity index (χ3v) is 5.50. The van der Waals surface area contributed by atoms with E-state index in [1.165, 1.54) is 6.21 Å². The van der Waals surface area contributed by atoms with Gasteiger partial charge in [-0.2, -0.15) is 5.10 Å². The van der Waals surface area contributed by atoms with Crippen molar-refractivity contribution in [3.05, 3.63) is 87.4 Å². The van der Waals surface area contributed by atoms with Crippen LogP contribution in [-0.2, 0) is 16.2 Å². The Labute approximate surface area is 207 Å². The van der Waals surface area contributed by atoms with Gasteiger partial charge in [-0.25, -0.2) is 5.43 Å². The fourth-order valence-corrected chi connectivity index (χ4v) is 3.59. The summed E-state index contributed by atoms with van der Waals surface area (Å²) in [5.41, 5.74) is 6.58. The van der Waals surface area contributed by atoms with Gasteiger partial charge in [-0.15, -0.1) is 0 Å². The predicted molar refractivity (Wildman–Crippen MR) is 136 cm³/mol. The molecule has 8 heteroatoms. The van der Waals surface area contributed by atoms with Crippen LogP contribution in [0.15, 0.2) is 70.2 Å². The lowest BCUT2D eigenvalue weighted by molar-refractivity contribution is -0.136. The summed E-state index contributed by atoms with van der Waals surface area (Å²) >= 11 is 3.52. The maximum Gasteiger partial charge on any atom is 0.329 e. The summed E-state index contributed by atoms with van der Waals surface area (Å²) in [5.74, 6) is -0.574. The summed E-state index contributed by atoms with van der Waals surface area (Å²) in [6, 6.07) is 18.8. The van der Waals surface area contributed by atoms with Crippen LogP contribution < -0.4 is 20.2 Å². The Kier molecular flexibility index (Phi) is 8.81. The van der Waals surface area contributed by atoms with Crippen molar-refractivity contribution in [3.8, 4) is 11.5 Å². The standard InChI is InChI=1S/C26H26BrN3O4/c1-4-33-23-14-20(13-22(27)24(23)34-16-19-8-6-5-7-9-19)15-28-30-26(32)25(31)29-21-11-10-17(2)18(3)12-21/h5-15H,4,16H2,1-3H3,(H,29,31)(H,30,32)/b28-15+. The van der Waals surface area contributed by atoms with Gasteiger partial charge in [0.25, 0.3) is 0 Å². The van der Waals surface area contributed by atoms with Crippen molar-refractivity contribution in [2.75, 3.05) is 11.9 Å². The Morgan fingerprint density at radius 2 is 1.74 bits per heavy atom. The number of benzene rings is 3. The number of anilines is 1. The average molecular weight is 524 g/mol. The number of carbonyl (C=O) groups is 2. The van der Waals surface area contributed by atoms with Crippen molar-refractivity contribution in [1.29, 1.82) is 0 Å². The van der Waals surface area contributed by atoms with Gasteiger partial charge in [-0.05, 0) is 83.2 Å². The number of rotatable bonds is 8. The molecule has 3 aromatic rings. The van der Waals surface area contributed by atoms with Gasteiger partial charge in [0.1, 0.15) is 6.61 Å². The molecule has 0 saturated heterocycles. The highest BCUT2D eigenvalue weighted by Crippen LogP contribution is 2.37. The molecule has 0 aliphatic heterocycles. The molecule has 7 nitrogen and oxygen atoms in total. The molecule has 0 fully saturated rings. The van der Waals surface area contributed by atoms with Crippen LogP contribution in [0, 0.1) is 13.8 Å². The van der Waals surface area contributed by atoms with Gasteiger partial charge in [-0.3, -0.25) is 9.59 Å². The van der Waals surface area contributed by atoms with E-state index in [1.54, 1.807) is 24.3 Å². The normalized spacial score (nSPS) is 10.7. The van der Waals surface area contributed by atoms with Crippen molar-refractivity contribution < 1.29 is 19.1 Å². The maximum absolute atomic E-state index is 12.1. The van der Waals surface area contributed by atoms with Crippen LogP contribution >= 0.6 is 15.9 Å². The minimum atomic E-state index is -0.874. The van der Waals surface area contributed by atoms with Crippen molar-refractivity contribution in [3.63, 3.8) is 0 Å². The molecule has 0 aliphatic carbocycles. The molecule has 0 atom stereocenters. The third-order valence-electron chi connectivity index (χ3n) is 4.91. The van der Waals surface area contributed by atoms with Crippen LogP contribution in [0.5, 0.6) is 11.5 Å². The molecule has 2 amide bonds. The number of ether oxygens (including phenoxy) is 2. The molecule has 0 spiro atoms. The van der Waals surface area contributed by atoms with Crippen molar-refractivity contribution in [2.24, 2.45) is 5.10 Å². The first-order valence-electron chi connectivity index (χ1n) is 10.7. The second-order valence-corrected chi connectivity index (χ2v) is 8.34. The number of amides is 2. The zero-order chi connectivity index (χ0) is 24.5. The zero-order valence-electron chi connectivity index (χ0n) is 19.2. The number of aryl methyl sites for hydroxylation is 2. The first-order chi connectivity index (χ1) is 16.4. The first-order valence-corrected chi connectivity index (χ1v) is 11.5. The minimum absolute atomic E-state index is 0.388. The van der Waals surface area contributed by atoms with Gasteiger partial charge >= 0.3 is 11.8 Å². The van der Waals surface area contributed by atoms with E-state index in [0.29, 0.717) is 40.4 Å². The van der Waals surface area contributed by atoms with Crippen LogP contribution in [0.1, 0.15) is 29.2 Å². The van der Waals surface area contributed by atoms with Crippen LogP contribution in [0.2, 0.25) is 0 Å². The summed E-state index contributed by atoms with van der Waals surface area (Å²) in [7, 11) is 0. The molecule has 3 aromatic carbocycles. The molecule has 0 bridgehead atoms. The molecule has 0 saturated carbocycles. The van der Waals surface area contributed by atoms with Gasteiger partial charge in [-0.1, -0.05) is 36.4 Å². The molecule has 2 N–H and O–H groups in total. The number of hydrogen-bond acceptors (Lipinski definition) is 5. The third kappa shape index (κ3) is 6.92. The predicted octanol–water partition coefficient (Wildman–Crippen LogP) is 5.13. The van der Waals surface area contributed by atoms with Crippen LogP contribution in [0.4, 0.5) is 5.69 Å². The summed E-state index contributed by atoms with van der Waals surface area (Å²) in [4.78, 5) is 24.2. The van der Waals surface area contributed by atoms with E-state index in [2.05, 4.69) is 31.8 Å². The van der Waals surface area contributed by atoms with E-state index >= 15 is 0 Å². The van der Waals surface area contributed by atoms with E-state index in [9.17, 15) is 9.59 Å². The van der Waals surface area contributed by atoms with Gasteiger partial charge < -0.3 is 14.8 Å². The monoisotopic (exact) mass is 523 g/mol. The Hall–Kier alpha value is -3.65. The lowest BCUT2D eigenvalue weighted by Gasteiger charge is -2.14. The first kappa shape index (κ1) is 25.0. The molecule has 176 valence electrons. The summed E-state index contributed by atoms with van der Waals surface area (Å²) in [5, 5.41) is 6.46. The van der Waals surface area contributed by atoms with Gasteiger partial charge in [0.05, 0.1) is 17.3 Å². The number of hydrogen-bond donors (Lipinski definition) is 2. The highest BCUT2D eigenvalue weighted by atomic mass is 79.9. The highest BCUT2D eigenvalue weighted by molar-refractivity contribution is 9.10. The Balaban J connectivity index is 1.64. The van der Waals surface area contributed by atoms with E-state index in [0.717, 1.165) is 16.7 Å². The van der Waals surface area contributed by atoms with Crippen molar-refractivity contribution >= 4 is 39.6 Å². The lowest BCUT2D eigenvalue weighted by Crippen LogP contribution is -2.32. The highest BCUT2D eigenvalue weighted by Gasteiger charge is 2.14. The molecule has 34 heavy (non-hydrogen) atoms. The molecular formula is C26H26BrN3O4. The number of nitrogens with zero attached hydrogens (tertiary/aromatic N) is 1. The molecule has 0 radical (unpaired) electrons. The average Bonchev–Trinajstić information content (AvgIpc) is 2.81. The fourth-order valence-electron chi connectivity index (χ4n) is 3.02. The van der Waals surface area contributed by atoms with E-state index < -0.39 is 11.8 Å². The Morgan fingerprint density at radius 3 is 2.44 bits per heavy atom. The van der Waals surface area contributed by atoms with E-state index in [1.807, 2.05) is 57.2 Å². The fraction of sp³-hybridized carbons (Fsp3) is 0.192. The molecular weight excluding hydrogens is 498 g/mol. The maximum atomic E-state index is 12.1. The topological polar surface area (TPSA) is 89.0 Å². The number of hydrazone groups is 1. The van der Waals surface area contributed by atoms with Crippen LogP contribution in [0.3, 0.4) is 0 Å². The number of nitrogens with one attached hydrogen (secondary N) is 2. The van der Waals surface area contributed by atoms with Gasteiger partial charge in [0.2, 0.25) is 0 Å². The van der Waals surface area contributed by atoms with E-state index in [-0.39, 0.29) is 0 Å². The van der Waals surface area contributed by atoms with Crippen molar-refractivity contribution in [1.82, 2.24) is 5.43 Å². The SMILES string of the molecule is CCOc1cc(/C=N/NC(=O)C(=O)Nc2ccc(C)c(C)c2)cc(Br)c1OCc1ccccc1. The van der Waals surface area contributed by atoms with Crippen molar-refractivity contribution in [2.45, 2.75) is 27.4 Å². The Bertz CT molecular complexity index is 1200. The van der Waals surface area contributed by atoms with Crippen LogP contribution in [0.25, 0.3) is 0 Å². The zero-order valence-corrected chi connectivity index (χ0v) is 20.8. The molecule has 0 heterocycles. The quantitative estimate of drug-likeness (QED) is 0.243. The largest absolute Gasteiger partial charge is 0.490 e. The molecule has 3 rings (SSSR count). The van der Waals surface area contributed by atoms with Gasteiger partial charge in [0.15, 0.2) is 11.5 Å². The molecule has 0 aliphatic rings. The second-order valence-electron chi connectivity index (χ2n) is 7.49. The second kappa shape index (κ2) is 12.0. The summed E-state index contributed by atoms with van der Waals surface area (Å²) < 4.78 is 12.4. The minimum Gasteiger partial charge on any atom is -0.490 e. The summed E-state index contributed by atoms with van der Waals surface area (Å²) in [6.07, 6.45) is 1.43. The van der Waals surface area contributed by atoms with Crippen LogP contribution in [-0.4, -0.2) is 24.6 Å². The van der Waals surface area contributed by atoms with Gasteiger partial charge in [0, 0.05) is 5.69 Å². The molecule has 0 aromatic heterocycles. The smallest absolute Gasteiger partial charge is 0.329 e. The van der Waals surface area contributed by atoms with E-state index in [4.69, 9.17) is 9.47 Å².